The number of furan rings is 1. The number of piperidine rings is 1. The van der Waals surface area contributed by atoms with Crippen molar-refractivity contribution >= 4 is 39.3 Å². The molecule has 1 saturated heterocycles. The molecule has 2 aromatic heterocycles. The molecule has 2 aliphatic heterocycles. The molecule has 55 heavy (non-hydrogen) atoms. The van der Waals surface area contributed by atoms with Gasteiger partial charge >= 0.3 is 6.36 Å². The quantitative estimate of drug-likeness (QED) is 0.105. The molecule has 0 spiro atoms. The molecule has 2 N–H and O–H groups in total. The van der Waals surface area contributed by atoms with E-state index in [1.807, 2.05) is 0 Å². The van der Waals surface area contributed by atoms with E-state index in [0.29, 0.717) is 11.3 Å². The number of hydrogen-bond acceptors (Lipinski definition) is 11. The van der Waals surface area contributed by atoms with Gasteiger partial charge in [0.25, 0.3) is 17.5 Å². The highest BCUT2D eigenvalue weighted by Crippen LogP contribution is 2.37. The molecule has 0 radical (unpaired) electrons. The van der Waals surface area contributed by atoms with E-state index in [1.165, 1.54) is 66.9 Å². The highest BCUT2D eigenvalue weighted by atomic mass is 32.2. The Bertz CT molecular complexity index is 2520. The number of fused-ring (bicyclic) bond motifs is 1. The van der Waals surface area contributed by atoms with Crippen molar-refractivity contribution < 1.29 is 54.8 Å². The molecule has 1 atom stereocenters. The van der Waals surface area contributed by atoms with E-state index >= 15 is 0 Å². The van der Waals surface area contributed by atoms with Gasteiger partial charge in [-0.25, -0.2) is 18.1 Å². The number of aromatic nitrogens is 1. The summed E-state index contributed by atoms with van der Waals surface area (Å²) in [5.41, 5.74) is 1.09. The van der Waals surface area contributed by atoms with E-state index in [1.54, 1.807) is 12.1 Å². The normalized spacial score (nSPS) is 15.9. The minimum Gasteiger partial charge on any atom is -0.463 e. The summed E-state index contributed by atoms with van der Waals surface area (Å²) in [5.74, 6) is -3.74. The van der Waals surface area contributed by atoms with Crippen LogP contribution in [0.5, 0.6) is 5.75 Å². The highest BCUT2D eigenvalue weighted by molar-refractivity contribution is 7.89. The number of nitrogens with one attached hydrogen (secondary N) is 2. The third-order valence-electron chi connectivity index (χ3n) is 8.74. The number of hydrogen-bond donors (Lipinski definition) is 2. The number of carbonyl (C=O) groups excluding carboxylic acids is 4. The van der Waals surface area contributed by atoms with Gasteiger partial charge in [-0.05, 0) is 83.8 Å². The summed E-state index contributed by atoms with van der Waals surface area (Å²) in [6.45, 7) is -0.530. The number of nitrogens with zero attached hydrogens (tertiary/aromatic N) is 3. The van der Waals surface area contributed by atoms with Crippen LogP contribution in [0.1, 0.15) is 39.1 Å². The van der Waals surface area contributed by atoms with Crippen molar-refractivity contribution in [2.24, 2.45) is 0 Å². The molecular formula is C36H24F3N5O10S. The molecule has 0 bridgehead atoms. The number of benzene rings is 3. The zero-order valence-electron chi connectivity index (χ0n) is 27.8. The first kappa shape index (κ1) is 36.6. The molecule has 0 saturated carbocycles. The second-order valence-electron chi connectivity index (χ2n) is 12.3. The molecule has 5 aromatic rings. The number of imide groups is 2. The Balaban J connectivity index is 1.18. The number of amides is 4. The van der Waals surface area contributed by atoms with E-state index in [-0.39, 0.29) is 57.7 Å². The van der Waals surface area contributed by atoms with E-state index in [9.17, 15) is 50.9 Å². The molecule has 280 valence electrons. The van der Waals surface area contributed by atoms with Crippen molar-refractivity contribution in [1.29, 1.82) is 0 Å². The molecule has 4 heterocycles. The first-order valence-electron chi connectivity index (χ1n) is 16.1. The van der Waals surface area contributed by atoms with Crippen LogP contribution in [0, 0.1) is 10.1 Å². The topological polar surface area (TPSA) is 208 Å². The van der Waals surface area contributed by atoms with Gasteiger partial charge in [-0.2, -0.15) is 0 Å². The van der Waals surface area contributed by atoms with Crippen molar-refractivity contribution in [2.45, 2.75) is 36.7 Å². The van der Waals surface area contributed by atoms with Crippen molar-refractivity contribution in [2.75, 3.05) is 0 Å². The zero-order valence-corrected chi connectivity index (χ0v) is 28.6. The Kier molecular flexibility index (Phi) is 9.27. The number of alkyl halides is 3. The van der Waals surface area contributed by atoms with E-state index in [4.69, 9.17) is 4.42 Å². The minimum absolute atomic E-state index is 0.0548. The maximum Gasteiger partial charge on any atom is 0.573 e. The molecule has 1 fully saturated rings. The molecule has 0 aliphatic carbocycles. The van der Waals surface area contributed by atoms with Gasteiger partial charge in [-0.15, -0.1) is 13.2 Å². The molecule has 4 amide bonds. The minimum atomic E-state index is -5.31. The van der Waals surface area contributed by atoms with Gasteiger partial charge in [0.05, 0.1) is 28.0 Å². The van der Waals surface area contributed by atoms with E-state index in [2.05, 4.69) is 19.8 Å². The van der Waals surface area contributed by atoms with Crippen molar-refractivity contribution in [3.63, 3.8) is 0 Å². The lowest BCUT2D eigenvalue weighted by atomic mass is 10.0. The average molecular weight is 776 g/mol. The van der Waals surface area contributed by atoms with Crippen LogP contribution in [0.25, 0.3) is 33.8 Å². The van der Waals surface area contributed by atoms with Crippen LogP contribution in [0.15, 0.2) is 101 Å². The predicted octanol–water partition coefficient (Wildman–Crippen LogP) is 5.36. The summed E-state index contributed by atoms with van der Waals surface area (Å²) in [6, 6.07) is 17.2. The Morgan fingerprint density at radius 2 is 1.62 bits per heavy atom. The smallest absolute Gasteiger partial charge is 0.463 e. The summed E-state index contributed by atoms with van der Waals surface area (Å²) in [4.78, 5) is 65.2. The Morgan fingerprint density at radius 1 is 0.909 bits per heavy atom. The van der Waals surface area contributed by atoms with Crippen LogP contribution < -0.4 is 14.8 Å². The fourth-order valence-electron chi connectivity index (χ4n) is 6.15. The number of non-ortho nitro benzene ring substituents is 1. The van der Waals surface area contributed by atoms with Crippen molar-refractivity contribution in [3.8, 4) is 39.6 Å². The third kappa shape index (κ3) is 7.42. The molecule has 7 rings (SSSR count). The van der Waals surface area contributed by atoms with E-state index < -0.39 is 68.2 Å². The SMILES string of the molecule is O=C1CCC(N2C(=O)c3ccc(CNS(=O)(=O)c4ccc(-c5cc(-c6ccc([N+](=O)[O-])cc6)nc(-c6ccco6)c5)cc4OC(F)(F)F)cc3C2=O)C(=O)N1. The second kappa shape index (κ2) is 13.9. The number of rotatable bonds is 10. The van der Waals surface area contributed by atoms with Gasteiger partial charge in [-0.3, -0.25) is 39.5 Å². The maximum absolute atomic E-state index is 13.7. The fourth-order valence-corrected chi connectivity index (χ4v) is 7.27. The van der Waals surface area contributed by atoms with E-state index in [0.717, 1.165) is 17.0 Å². The van der Waals surface area contributed by atoms with Crippen LogP contribution in [0.3, 0.4) is 0 Å². The first-order chi connectivity index (χ1) is 26.1. The fraction of sp³-hybridized carbons (Fsp3) is 0.139. The molecular weight excluding hydrogens is 751 g/mol. The monoisotopic (exact) mass is 775 g/mol. The number of ether oxygens (including phenoxy) is 1. The predicted molar refractivity (Wildman–Crippen MR) is 183 cm³/mol. The maximum atomic E-state index is 13.7. The Morgan fingerprint density at radius 3 is 2.29 bits per heavy atom. The number of pyridine rings is 1. The van der Waals surface area contributed by atoms with Crippen LogP contribution in [-0.4, -0.2) is 59.3 Å². The van der Waals surface area contributed by atoms with Gasteiger partial charge in [0, 0.05) is 30.7 Å². The molecule has 15 nitrogen and oxygen atoms in total. The number of sulfonamides is 1. The van der Waals surface area contributed by atoms with Gasteiger partial charge < -0.3 is 9.15 Å². The van der Waals surface area contributed by atoms with Crippen molar-refractivity contribution in [1.82, 2.24) is 19.9 Å². The zero-order chi connectivity index (χ0) is 39.2. The second-order valence-corrected chi connectivity index (χ2v) is 14.0. The van der Waals surface area contributed by atoms with Crippen LogP contribution in [0.2, 0.25) is 0 Å². The number of carbonyl (C=O) groups is 4. The molecule has 1 unspecified atom stereocenters. The lowest BCUT2D eigenvalue weighted by Crippen LogP contribution is -2.54. The van der Waals surface area contributed by atoms with Gasteiger partial charge in [0.15, 0.2) is 5.76 Å². The average Bonchev–Trinajstić information content (AvgIpc) is 3.77. The Labute approximate surface area is 307 Å². The lowest BCUT2D eigenvalue weighted by molar-refractivity contribution is -0.384. The molecule has 2 aliphatic rings. The van der Waals surface area contributed by atoms with Crippen molar-refractivity contribution in [3.05, 3.63) is 118 Å². The summed E-state index contributed by atoms with van der Waals surface area (Å²) >= 11 is 0. The number of nitro groups is 1. The van der Waals surface area contributed by atoms with Gasteiger partial charge in [0.1, 0.15) is 22.4 Å². The largest absolute Gasteiger partial charge is 0.573 e. The third-order valence-corrected chi connectivity index (χ3v) is 10.2. The van der Waals surface area contributed by atoms with Crippen LogP contribution in [-0.2, 0) is 26.2 Å². The first-order valence-corrected chi connectivity index (χ1v) is 17.6. The van der Waals surface area contributed by atoms with Crippen LogP contribution in [0.4, 0.5) is 18.9 Å². The summed E-state index contributed by atoms with van der Waals surface area (Å²) in [7, 11) is -4.75. The van der Waals surface area contributed by atoms with Gasteiger partial charge in [0.2, 0.25) is 21.8 Å². The standard InChI is InChI=1S/C36H24F3N5O10S/c37-36(38,39)54-30-17-21(22-15-26(20-4-7-23(8-5-20)44(49)50)41-27(16-22)29-2-1-13-53-29)6-11-31(30)55(51,52)40-18-19-3-9-24-25(14-19)35(48)43(34(24)47)28-10-12-32(45)42-33(28)46/h1-9,11,13-17,28,40H,10,12,18H2,(H,42,45,46). The number of halogens is 3. The summed E-state index contributed by atoms with van der Waals surface area (Å²) in [6.07, 6.45) is -4.09. The molecule has 19 heteroatoms. The molecule has 3 aromatic carbocycles. The lowest BCUT2D eigenvalue weighted by Gasteiger charge is -2.27. The van der Waals surface area contributed by atoms with Gasteiger partial charge in [-0.1, -0.05) is 12.1 Å². The summed E-state index contributed by atoms with van der Waals surface area (Å²) < 4.78 is 80.0. The number of nitro benzene ring substituents is 1. The van der Waals surface area contributed by atoms with Crippen LogP contribution >= 0.6 is 0 Å². The highest BCUT2D eigenvalue weighted by Gasteiger charge is 2.44. The summed E-state index contributed by atoms with van der Waals surface area (Å²) in [5, 5.41) is 13.3. The Hall–Kier alpha value is -6.73.